The van der Waals surface area contributed by atoms with Crippen LogP contribution < -0.4 is 10.0 Å². The largest absolute Gasteiger partial charge is 0.385 e. The number of rotatable bonds is 5. The molecule has 1 aliphatic rings. The molecule has 4 nitrogen and oxygen atoms in total. The Morgan fingerprint density at radius 3 is 2.67 bits per heavy atom. The summed E-state index contributed by atoms with van der Waals surface area (Å²) in [6.07, 6.45) is 4.73. The predicted octanol–water partition coefficient (Wildman–Crippen LogP) is 2.41. The second-order valence-electron chi connectivity index (χ2n) is 4.75. The summed E-state index contributed by atoms with van der Waals surface area (Å²) >= 11 is 0. The summed E-state index contributed by atoms with van der Waals surface area (Å²) in [5.74, 6) is 0.107. The first-order chi connectivity index (χ1) is 8.44. The van der Waals surface area contributed by atoms with Crippen molar-refractivity contribution in [1.82, 2.24) is 0 Å². The van der Waals surface area contributed by atoms with Crippen LogP contribution in [0.3, 0.4) is 0 Å². The van der Waals surface area contributed by atoms with E-state index >= 15 is 0 Å². The lowest BCUT2D eigenvalue weighted by Crippen LogP contribution is -2.21. The Kier molecular flexibility index (Phi) is 3.75. The average molecular weight is 272 g/mol. The number of benzene rings is 1. The van der Waals surface area contributed by atoms with Crippen LogP contribution in [0.1, 0.15) is 19.3 Å². The number of anilines is 2. The molecular weight excluding hydrogens is 255 g/mol. The fraction of sp³-hybridized carbons (Fsp3) is 0.500. The molecule has 0 heterocycles. The van der Waals surface area contributed by atoms with Crippen molar-refractivity contribution >= 4 is 21.4 Å². The molecule has 0 radical (unpaired) electrons. The molecule has 1 aromatic rings. The van der Waals surface area contributed by atoms with Crippen molar-refractivity contribution in [3.05, 3.63) is 24.0 Å². The normalized spacial score (nSPS) is 16.1. The topological polar surface area (TPSA) is 58.2 Å². The van der Waals surface area contributed by atoms with Crippen LogP contribution in [0.2, 0.25) is 0 Å². The zero-order valence-electron chi connectivity index (χ0n) is 10.2. The summed E-state index contributed by atoms with van der Waals surface area (Å²) in [7, 11) is -3.46. The van der Waals surface area contributed by atoms with E-state index in [1.807, 2.05) is 0 Å². The van der Waals surface area contributed by atoms with Crippen molar-refractivity contribution in [3.63, 3.8) is 0 Å². The molecule has 2 N–H and O–H groups in total. The summed E-state index contributed by atoms with van der Waals surface area (Å²) < 4.78 is 37.8. The lowest BCUT2D eigenvalue weighted by molar-refractivity contribution is 0.333. The van der Waals surface area contributed by atoms with Gasteiger partial charge in [-0.05, 0) is 37.0 Å². The third-order valence-corrected chi connectivity index (χ3v) is 3.67. The summed E-state index contributed by atoms with van der Waals surface area (Å²) in [5.41, 5.74) is 0.713. The summed E-state index contributed by atoms with van der Waals surface area (Å²) in [6.45, 7) is 0.851. The average Bonchev–Trinajstić information content (AvgIpc) is 2.18. The maximum atomic E-state index is 13.4. The predicted molar refractivity (Wildman–Crippen MR) is 70.7 cm³/mol. The van der Waals surface area contributed by atoms with Crippen LogP contribution in [-0.4, -0.2) is 21.2 Å². The highest BCUT2D eigenvalue weighted by atomic mass is 32.2. The molecule has 0 spiro atoms. The van der Waals surface area contributed by atoms with E-state index in [-0.39, 0.29) is 5.69 Å². The lowest BCUT2D eigenvalue weighted by Gasteiger charge is -2.26. The van der Waals surface area contributed by atoms with E-state index in [4.69, 9.17) is 0 Å². The van der Waals surface area contributed by atoms with Crippen molar-refractivity contribution in [2.45, 2.75) is 19.3 Å². The first-order valence-corrected chi connectivity index (χ1v) is 7.84. The zero-order chi connectivity index (χ0) is 13.2. The smallest absolute Gasteiger partial charge is 0.229 e. The summed E-state index contributed by atoms with van der Waals surface area (Å²) in [6, 6.07) is 4.35. The Bertz CT molecular complexity index is 527. The summed E-state index contributed by atoms with van der Waals surface area (Å²) in [4.78, 5) is 0. The second kappa shape index (κ2) is 5.14. The minimum absolute atomic E-state index is 0.0175. The van der Waals surface area contributed by atoms with Gasteiger partial charge < -0.3 is 5.32 Å². The minimum atomic E-state index is -3.46. The van der Waals surface area contributed by atoms with Gasteiger partial charge in [-0.15, -0.1) is 0 Å². The first-order valence-electron chi connectivity index (χ1n) is 5.95. The van der Waals surface area contributed by atoms with Gasteiger partial charge in [0.1, 0.15) is 5.82 Å². The standard InChI is InChI=1S/C12H17FN2O2S/c1-18(16,17)15-12-7-10(5-6-11(12)13)14-8-9-3-2-4-9/h5-7,9,14-15H,2-4,8H2,1H3. The monoisotopic (exact) mass is 272 g/mol. The van der Waals surface area contributed by atoms with E-state index in [0.29, 0.717) is 5.92 Å². The molecular formula is C12H17FN2O2S. The van der Waals surface area contributed by atoms with Gasteiger partial charge in [0.2, 0.25) is 10.0 Å². The van der Waals surface area contributed by atoms with Crippen molar-refractivity contribution in [1.29, 1.82) is 0 Å². The highest BCUT2D eigenvalue weighted by Gasteiger charge is 2.17. The quantitative estimate of drug-likeness (QED) is 0.865. The van der Waals surface area contributed by atoms with Gasteiger partial charge in [-0.3, -0.25) is 4.72 Å². The van der Waals surface area contributed by atoms with Crippen LogP contribution in [0.4, 0.5) is 15.8 Å². The Morgan fingerprint density at radius 1 is 1.39 bits per heavy atom. The van der Waals surface area contributed by atoms with E-state index in [0.717, 1.165) is 18.5 Å². The number of hydrogen-bond donors (Lipinski definition) is 2. The van der Waals surface area contributed by atoms with E-state index in [1.165, 1.54) is 31.4 Å². The number of halogens is 1. The van der Waals surface area contributed by atoms with Gasteiger partial charge in [0.05, 0.1) is 11.9 Å². The van der Waals surface area contributed by atoms with Crippen LogP contribution >= 0.6 is 0 Å². The Hall–Kier alpha value is -1.30. The van der Waals surface area contributed by atoms with Gasteiger partial charge in [-0.2, -0.15) is 0 Å². The zero-order valence-corrected chi connectivity index (χ0v) is 11.1. The Morgan fingerprint density at radius 2 is 2.11 bits per heavy atom. The molecule has 0 aromatic heterocycles. The molecule has 0 bridgehead atoms. The lowest BCUT2D eigenvalue weighted by atomic mass is 9.85. The fourth-order valence-electron chi connectivity index (χ4n) is 1.87. The molecule has 18 heavy (non-hydrogen) atoms. The van der Waals surface area contributed by atoms with Crippen LogP contribution in [0.5, 0.6) is 0 Å². The molecule has 1 saturated carbocycles. The van der Waals surface area contributed by atoms with Crippen molar-refractivity contribution in [2.75, 3.05) is 22.8 Å². The van der Waals surface area contributed by atoms with Gasteiger partial charge in [-0.25, -0.2) is 12.8 Å². The Balaban J connectivity index is 2.05. The van der Waals surface area contributed by atoms with Gasteiger partial charge >= 0.3 is 0 Å². The van der Waals surface area contributed by atoms with Crippen LogP contribution in [0, 0.1) is 11.7 Å². The number of sulfonamides is 1. The Labute approximate surface area is 107 Å². The molecule has 0 atom stereocenters. The molecule has 2 rings (SSSR count). The molecule has 0 unspecified atom stereocenters. The second-order valence-corrected chi connectivity index (χ2v) is 6.50. The van der Waals surface area contributed by atoms with Crippen LogP contribution in [-0.2, 0) is 10.0 Å². The molecule has 0 aliphatic heterocycles. The molecule has 1 fully saturated rings. The molecule has 6 heteroatoms. The van der Waals surface area contributed by atoms with E-state index in [1.54, 1.807) is 6.07 Å². The maximum Gasteiger partial charge on any atom is 0.229 e. The molecule has 0 amide bonds. The van der Waals surface area contributed by atoms with E-state index < -0.39 is 15.8 Å². The van der Waals surface area contributed by atoms with Gasteiger partial charge in [0, 0.05) is 12.2 Å². The van der Waals surface area contributed by atoms with Crippen molar-refractivity contribution < 1.29 is 12.8 Å². The maximum absolute atomic E-state index is 13.4. The third kappa shape index (κ3) is 3.60. The first kappa shape index (κ1) is 13.1. The summed E-state index contributed by atoms with van der Waals surface area (Å²) in [5, 5.41) is 3.20. The van der Waals surface area contributed by atoms with Gasteiger partial charge in [0.15, 0.2) is 0 Å². The number of hydrogen-bond acceptors (Lipinski definition) is 3. The van der Waals surface area contributed by atoms with E-state index in [2.05, 4.69) is 10.0 Å². The van der Waals surface area contributed by atoms with E-state index in [9.17, 15) is 12.8 Å². The highest BCUT2D eigenvalue weighted by Crippen LogP contribution is 2.27. The van der Waals surface area contributed by atoms with Crippen LogP contribution in [0.25, 0.3) is 0 Å². The van der Waals surface area contributed by atoms with Gasteiger partial charge in [-0.1, -0.05) is 6.42 Å². The SMILES string of the molecule is CS(=O)(=O)Nc1cc(NCC2CCC2)ccc1F. The van der Waals surface area contributed by atoms with Crippen molar-refractivity contribution in [3.8, 4) is 0 Å². The molecule has 0 saturated heterocycles. The fourth-order valence-corrected chi connectivity index (χ4v) is 2.43. The molecule has 100 valence electrons. The minimum Gasteiger partial charge on any atom is -0.385 e. The van der Waals surface area contributed by atoms with Crippen molar-refractivity contribution in [2.24, 2.45) is 5.92 Å². The molecule has 1 aromatic carbocycles. The molecule has 1 aliphatic carbocycles. The van der Waals surface area contributed by atoms with Crippen LogP contribution in [0.15, 0.2) is 18.2 Å². The highest BCUT2D eigenvalue weighted by molar-refractivity contribution is 7.92. The van der Waals surface area contributed by atoms with Gasteiger partial charge in [0.25, 0.3) is 0 Å². The third-order valence-electron chi connectivity index (χ3n) is 3.08. The number of nitrogens with one attached hydrogen (secondary N) is 2.